The summed E-state index contributed by atoms with van der Waals surface area (Å²) in [6, 6.07) is 0.665. The zero-order chi connectivity index (χ0) is 14.8. The molecule has 0 amide bonds. The fourth-order valence-electron chi connectivity index (χ4n) is 2.92. The molecular weight excluding hydrogens is 268 g/mol. The molecule has 2 aliphatic heterocycles. The number of aromatic nitrogens is 2. The molecule has 0 saturated carbocycles. The van der Waals surface area contributed by atoms with Crippen molar-refractivity contribution in [1.29, 1.82) is 0 Å². The quantitative estimate of drug-likeness (QED) is 0.817. The third-order valence-electron chi connectivity index (χ3n) is 4.20. The van der Waals surface area contributed by atoms with Gasteiger partial charge in [-0.25, -0.2) is 4.98 Å². The standard InChI is InChI=1S/C15H24N4O2/c1-11-8-16-15(19-5-7-21-10-13(19)3)17-14(11)18-4-6-20-9-12(18)2/h8,12-13H,4-7,9-10H2,1-3H3/t12-,13-/m0/s1. The summed E-state index contributed by atoms with van der Waals surface area (Å²) >= 11 is 0. The van der Waals surface area contributed by atoms with Crippen LogP contribution in [-0.4, -0.2) is 61.6 Å². The summed E-state index contributed by atoms with van der Waals surface area (Å²) in [7, 11) is 0. The fraction of sp³-hybridized carbons (Fsp3) is 0.733. The van der Waals surface area contributed by atoms with E-state index in [0.29, 0.717) is 12.1 Å². The first-order chi connectivity index (χ1) is 10.2. The lowest BCUT2D eigenvalue weighted by Crippen LogP contribution is -2.46. The molecule has 0 spiro atoms. The zero-order valence-corrected chi connectivity index (χ0v) is 13.1. The van der Waals surface area contributed by atoms with Crippen molar-refractivity contribution in [2.45, 2.75) is 32.9 Å². The van der Waals surface area contributed by atoms with Crippen molar-refractivity contribution in [3.8, 4) is 0 Å². The van der Waals surface area contributed by atoms with Gasteiger partial charge < -0.3 is 19.3 Å². The molecule has 3 rings (SSSR count). The van der Waals surface area contributed by atoms with E-state index in [1.807, 2.05) is 6.20 Å². The second-order valence-corrected chi connectivity index (χ2v) is 5.91. The number of anilines is 2. The van der Waals surface area contributed by atoms with Gasteiger partial charge in [0.15, 0.2) is 0 Å². The Balaban J connectivity index is 1.88. The van der Waals surface area contributed by atoms with Crippen LogP contribution in [0.1, 0.15) is 19.4 Å². The topological polar surface area (TPSA) is 50.7 Å². The van der Waals surface area contributed by atoms with Crippen molar-refractivity contribution in [3.63, 3.8) is 0 Å². The average molecular weight is 292 g/mol. The van der Waals surface area contributed by atoms with Crippen LogP contribution in [0.4, 0.5) is 11.8 Å². The molecule has 0 aromatic carbocycles. The minimum atomic E-state index is 0.316. The third kappa shape index (κ3) is 2.96. The van der Waals surface area contributed by atoms with E-state index in [-0.39, 0.29) is 0 Å². The lowest BCUT2D eigenvalue weighted by atomic mass is 10.2. The Labute approximate surface area is 126 Å². The lowest BCUT2D eigenvalue weighted by Gasteiger charge is -2.37. The number of hydrogen-bond donors (Lipinski definition) is 0. The van der Waals surface area contributed by atoms with Crippen molar-refractivity contribution in [2.24, 2.45) is 0 Å². The van der Waals surface area contributed by atoms with Crippen LogP contribution in [0.5, 0.6) is 0 Å². The number of hydrogen-bond acceptors (Lipinski definition) is 6. The van der Waals surface area contributed by atoms with Gasteiger partial charge in [0.2, 0.25) is 5.95 Å². The first-order valence-electron chi connectivity index (χ1n) is 7.69. The smallest absolute Gasteiger partial charge is 0.227 e. The van der Waals surface area contributed by atoms with Gasteiger partial charge in [-0.1, -0.05) is 0 Å². The highest BCUT2D eigenvalue weighted by molar-refractivity contribution is 5.51. The number of ether oxygens (including phenoxy) is 2. The van der Waals surface area contributed by atoms with Crippen LogP contribution in [-0.2, 0) is 9.47 Å². The van der Waals surface area contributed by atoms with Gasteiger partial charge in [0.05, 0.1) is 38.5 Å². The normalized spacial score (nSPS) is 27.0. The molecule has 1 aromatic rings. The maximum atomic E-state index is 5.52. The van der Waals surface area contributed by atoms with Gasteiger partial charge in [-0.15, -0.1) is 0 Å². The predicted octanol–water partition coefficient (Wildman–Crippen LogP) is 1.24. The van der Waals surface area contributed by atoms with E-state index in [0.717, 1.165) is 56.8 Å². The number of nitrogens with zero attached hydrogens (tertiary/aromatic N) is 4. The average Bonchev–Trinajstić information content (AvgIpc) is 2.49. The van der Waals surface area contributed by atoms with E-state index in [1.54, 1.807) is 0 Å². The number of rotatable bonds is 2. The highest BCUT2D eigenvalue weighted by atomic mass is 16.5. The van der Waals surface area contributed by atoms with E-state index in [9.17, 15) is 0 Å². The molecule has 2 fully saturated rings. The van der Waals surface area contributed by atoms with E-state index < -0.39 is 0 Å². The molecule has 116 valence electrons. The Bertz CT molecular complexity index is 497. The molecule has 0 aliphatic carbocycles. The Hall–Kier alpha value is -1.40. The van der Waals surface area contributed by atoms with Crippen LogP contribution < -0.4 is 9.80 Å². The number of morpholine rings is 2. The molecule has 21 heavy (non-hydrogen) atoms. The minimum absolute atomic E-state index is 0.316. The Morgan fingerprint density at radius 3 is 2.29 bits per heavy atom. The maximum Gasteiger partial charge on any atom is 0.227 e. The molecule has 6 nitrogen and oxygen atoms in total. The SMILES string of the molecule is Cc1cnc(N2CCOC[C@@H]2C)nc1N1CCOC[C@@H]1C. The summed E-state index contributed by atoms with van der Waals surface area (Å²) in [5, 5.41) is 0. The molecule has 2 saturated heterocycles. The van der Waals surface area contributed by atoms with E-state index >= 15 is 0 Å². The van der Waals surface area contributed by atoms with Crippen LogP contribution in [0, 0.1) is 6.92 Å². The second kappa shape index (κ2) is 6.15. The van der Waals surface area contributed by atoms with Gasteiger partial charge in [0.1, 0.15) is 5.82 Å². The van der Waals surface area contributed by atoms with Crippen LogP contribution in [0.25, 0.3) is 0 Å². The van der Waals surface area contributed by atoms with Crippen molar-refractivity contribution >= 4 is 11.8 Å². The van der Waals surface area contributed by atoms with Crippen LogP contribution >= 0.6 is 0 Å². The first-order valence-corrected chi connectivity index (χ1v) is 7.69. The van der Waals surface area contributed by atoms with Gasteiger partial charge in [-0.05, 0) is 20.8 Å². The molecule has 1 aromatic heterocycles. The van der Waals surface area contributed by atoms with Gasteiger partial charge in [0, 0.05) is 24.8 Å². The Morgan fingerprint density at radius 1 is 1.05 bits per heavy atom. The van der Waals surface area contributed by atoms with E-state index in [4.69, 9.17) is 14.5 Å². The van der Waals surface area contributed by atoms with E-state index in [1.165, 1.54) is 0 Å². The van der Waals surface area contributed by atoms with Crippen LogP contribution in [0.2, 0.25) is 0 Å². The summed E-state index contributed by atoms with van der Waals surface area (Å²) in [5.41, 5.74) is 1.12. The Morgan fingerprint density at radius 2 is 1.67 bits per heavy atom. The highest BCUT2D eigenvalue weighted by Crippen LogP contribution is 2.24. The summed E-state index contributed by atoms with van der Waals surface area (Å²) in [4.78, 5) is 13.9. The summed E-state index contributed by atoms with van der Waals surface area (Å²) in [5.74, 6) is 1.85. The largest absolute Gasteiger partial charge is 0.377 e. The fourth-order valence-corrected chi connectivity index (χ4v) is 2.92. The van der Waals surface area contributed by atoms with Crippen molar-refractivity contribution in [2.75, 3.05) is 49.3 Å². The van der Waals surface area contributed by atoms with Crippen molar-refractivity contribution in [3.05, 3.63) is 11.8 Å². The molecular formula is C15H24N4O2. The van der Waals surface area contributed by atoms with Gasteiger partial charge >= 0.3 is 0 Å². The summed E-state index contributed by atoms with van der Waals surface area (Å²) in [6.07, 6.45) is 1.93. The lowest BCUT2D eigenvalue weighted by molar-refractivity contribution is 0.0971. The molecule has 0 unspecified atom stereocenters. The monoisotopic (exact) mass is 292 g/mol. The summed E-state index contributed by atoms with van der Waals surface area (Å²) in [6.45, 7) is 11.1. The highest BCUT2D eigenvalue weighted by Gasteiger charge is 2.25. The zero-order valence-electron chi connectivity index (χ0n) is 13.1. The molecule has 6 heteroatoms. The van der Waals surface area contributed by atoms with Crippen LogP contribution in [0.3, 0.4) is 0 Å². The first kappa shape index (κ1) is 14.5. The molecule has 2 aliphatic rings. The third-order valence-corrected chi connectivity index (χ3v) is 4.20. The van der Waals surface area contributed by atoms with Crippen LogP contribution in [0.15, 0.2) is 6.20 Å². The summed E-state index contributed by atoms with van der Waals surface area (Å²) < 4.78 is 11.0. The molecule has 0 N–H and O–H groups in total. The van der Waals surface area contributed by atoms with Gasteiger partial charge in [-0.3, -0.25) is 0 Å². The molecule has 0 bridgehead atoms. The van der Waals surface area contributed by atoms with Gasteiger partial charge in [0.25, 0.3) is 0 Å². The Kier molecular flexibility index (Phi) is 4.26. The number of aryl methyl sites for hydroxylation is 1. The maximum absolute atomic E-state index is 5.52. The predicted molar refractivity (Wildman–Crippen MR) is 82.0 cm³/mol. The molecule has 2 atom stereocenters. The van der Waals surface area contributed by atoms with Gasteiger partial charge in [-0.2, -0.15) is 4.98 Å². The van der Waals surface area contributed by atoms with Crippen molar-refractivity contribution < 1.29 is 9.47 Å². The van der Waals surface area contributed by atoms with Crippen molar-refractivity contribution in [1.82, 2.24) is 9.97 Å². The molecule has 3 heterocycles. The minimum Gasteiger partial charge on any atom is -0.377 e. The second-order valence-electron chi connectivity index (χ2n) is 5.91. The molecule has 0 radical (unpaired) electrons. The van der Waals surface area contributed by atoms with E-state index in [2.05, 4.69) is 35.6 Å².